The van der Waals surface area contributed by atoms with Crippen LogP contribution in [0, 0.1) is 0 Å². The molecule has 1 aromatic heterocycles. The minimum absolute atomic E-state index is 0. The van der Waals surface area contributed by atoms with E-state index in [2.05, 4.69) is 6.92 Å². The fraction of sp³-hybridized carbons (Fsp3) is 0.636. The van der Waals surface area contributed by atoms with E-state index in [4.69, 9.17) is 5.11 Å². The maximum absolute atomic E-state index is 10.9. The average molecular weight is 291 g/mol. The van der Waals surface area contributed by atoms with Crippen molar-refractivity contribution in [2.75, 3.05) is 0 Å². The number of carboxylic acid groups (broad SMARTS) is 1. The maximum atomic E-state index is 10.9. The molecule has 0 saturated carbocycles. The molecule has 0 aliphatic rings. The molecule has 1 aromatic rings. The van der Waals surface area contributed by atoms with Gasteiger partial charge < -0.3 is 22.1 Å². The van der Waals surface area contributed by atoms with Crippen molar-refractivity contribution in [2.24, 2.45) is 0 Å². The van der Waals surface area contributed by atoms with Gasteiger partial charge in [0, 0.05) is 0 Å². The highest BCUT2D eigenvalue weighted by atomic mass is 79.9. The summed E-state index contributed by atoms with van der Waals surface area (Å²) < 4.78 is 3.80. The van der Waals surface area contributed by atoms with E-state index in [9.17, 15) is 4.79 Å². The second-order valence-corrected chi connectivity index (χ2v) is 3.71. The van der Waals surface area contributed by atoms with E-state index in [0.717, 1.165) is 19.4 Å². The molecule has 16 heavy (non-hydrogen) atoms. The van der Waals surface area contributed by atoms with Crippen LogP contribution < -0.4 is 21.5 Å². The summed E-state index contributed by atoms with van der Waals surface area (Å²) in [6.07, 6.45) is 8.52. The van der Waals surface area contributed by atoms with Gasteiger partial charge in [0.05, 0.1) is 6.54 Å². The molecule has 1 rings (SSSR count). The van der Waals surface area contributed by atoms with Crippen LogP contribution in [0.4, 0.5) is 0 Å². The second-order valence-electron chi connectivity index (χ2n) is 3.71. The van der Waals surface area contributed by atoms with E-state index >= 15 is 0 Å². The number of halogens is 1. The standard InChI is InChI=1S/C11H18N2O2.BrH/c1-3-5-6-12-7-8-13(9-12)10(4-2)11(14)15;/h7-10H,3-6H2,1-2H3;1H. The van der Waals surface area contributed by atoms with Gasteiger partial charge in [-0.15, -0.1) is 0 Å². The number of carboxylic acids is 1. The van der Waals surface area contributed by atoms with Gasteiger partial charge in [-0.1, -0.05) is 20.3 Å². The van der Waals surface area contributed by atoms with Crippen LogP contribution in [-0.4, -0.2) is 15.6 Å². The quantitative estimate of drug-likeness (QED) is 0.656. The Morgan fingerprint density at radius 1 is 1.50 bits per heavy atom. The molecular weight excluding hydrogens is 272 g/mol. The number of unbranched alkanes of at least 4 members (excludes halogenated alkanes) is 1. The van der Waals surface area contributed by atoms with Crippen LogP contribution in [0.2, 0.25) is 0 Å². The molecule has 0 amide bonds. The van der Waals surface area contributed by atoms with E-state index < -0.39 is 12.0 Å². The summed E-state index contributed by atoms with van der Waals surface area (Å²) in [7, 11) is 0. The molecule has 1 atom stereocenters. The highest BCUT2D eigenvalue weighted by Gasteiger charge is 2.22. The molecular formula is C11H19BrN2O2. The van der Waals surface area contributed by atoms with Gasteiger partial charge in [0.25, 0.3) is 0 Å². The van der Waals surface area contributed by atoms with Crippen molar-refractivity contribution in [1.82, 2.24) is 4.57 Å². The number of nitrogens with zero attached hydrogens (tertiary/aromatic N) is 2. The third-order valence-corrected chi connectivity index (χ3v) is 2.51. The molecule has 5 heteroatoms. The zero-order chi connectivity index (χ0) is 11.3. The number of aryl methyl sites for hydroxylation is 1. The summed E-state index contributed by atoms with van der Waals surface area (Å²) in [4.78, 5) is 10.9. The van der Waals surface area contributed by atoms with Crippen LogP contribution in [0.15, 0.2) is 18.7 Å². The lowest BCUT2D eigenvalue weighted by molar-refractivity contribution is -0.696. The Morgan fingerprint density at radius 3 is 2.69 bits per heavy atom. The first-order valence-corrected chi connectivity index (χ1v) is 5.48. The zero-order valence-electron chi connectivity index (χ0n) is 9.77. The van der Waals surface area contributed by atoms with Crippen molar-refractivity contribution in [3.63, 3.8) is 0 Å². The van der Waals surface area contributed by atoms with Crippen molar-refractivity contribution >= 4 is 5.97 Å². The first-order chi connectivity index (χ1) is 7.19. The molecule has 0 aliphatic heterocycles. The molecule has 0 aromatic carbocycles. The van der Waals surface area contributed by atoms with E-state index in [1.54, 1.807) is 4.57 Å². The van der Waals surface area contributed by atoms with Crippen molar-refractivity contribution in [3.8, 4) is 0 Å². The lowest BCUT2D eigenvalue weighted by Gasteiger charge is -2.04. The fourth-order valence-electron chi connectivity index (χ4n) is 1.58. The Labute approximate surface area is 107 Å². The largest absolute Gasteiger partial charge is 1.00 e. The number of hydrogen-bond donors (Lipinski definition) is 1. The molecule has 0 aliphatic carbocycles. The van der Waals surface area contributed by atoms with Gasteiger partial charge >= 0.3 is 5.97 Å². The number of rotatable bonds is 6. The number of hydrogen-bond acceptors (Lipinski definition) is 1. The number of imidazole rings is 1. The van der Waals surface area contributed by atoms with Crippen LogP contribution in [-0.2, 0) is 11.3 Å². The van der Waals surface area contributed by atoms with Crippen molar-refractivity contribution in [2.45, 2.75) is 45.7 Å². The van der Waals surface area contributed by atoms with Gasteiger partial charge in [-0.05, 0) is 12.8 Å². The van der Waals surface area contributed by atoms with E-state index in [1.165, 1.54) is 0 Å². The van der Waals surface area contributed by atoms with Crippen molar-refractivity contribution in [3.05, 3.63) is 18.7 Å². The summed E-state index contributed by atoms with van der Waals surface area (Å²) >= 11 is 0. The predicted molar refractivity (Wildman–Crippen MR) is 56.5 cm³/mol. The lowest BCUT2D eigenvalue weighted by atomic mass is 10.2. The Balaban J connectivity index is 0.00000225. The van der Waals surface area contributed by atoms with Gasteiger partial charge in [-0.2, -0.15) is 0 Å². The Kier molecular flexibility index (Phi) is 7.05. The normalized spacial score (nSPS) is 11.9. The fourth-order valence-corrected chi connectivity index (χ4v) is 1.58. The van der Waals surface area contributed by atoms with E-state index in [0.29, 0.717) is 6.42 Å². The van der Waals surface area contributed by atoms with Crippen LogP contribution in [0.25, 0.3) is 0 Å². The lowest BCUT2D eigenvalue weighted by Crippen LogP contribution is -3.00. The maximum Gasteiger partial charge on any atom is 0.349 e. The molecule has 4 nitrogen and oxygen atoms in total. The van der Waals surface area contributed by atoms with Gasteiger partial charge in [0.1, 0.15) is 12.4 Å². The zero-order valence-corrected chi connectivity index (χ0v) is 11.4. The summed E-state index contributed by atoms with van der Waals surface area (Å²) in [5.74, 6) is -0.768. The van der Waals surface area contributed by atoms with Crippen LogP contribution in [0.1, 0.15) is 39.2 Å². The van der Waals surface area contributed by atoms with Crippen molar-refractivity contribution < 1.29 is 31.4 Å². The topological polar surface area (TPSA) is 46.1 Å². The number of aromatic nitrogens is 2. The Morgan fingerprint density at radius 2 is 2.19 bits per heavy atom. The molecule has 0 spiro atoms. The molecule has 0 bridgehead atoms. The molecule has 0 saturated heterocycles. The molecule has 0 fully saturated rings. The second kappa shape index (κ2) is 7.44. The average Bonchev–Trinajstić information content (AvgIpc) is 2.64. The third kappa shape index (κ3) is 3.96. The van der Waals surface area contributed by atoms with E-state index in [1.807, 2.05) is 30.2 Å². The highest BCUT2D eigenvalue weighted by Crippen LogP contribution is 2.09. The van der Waals surface area contributed by atoms with Crippen molar-refractivity contribution in [1.29, 1.82) is 0 Å². The molecule has 1 heterocycles. The van der Waals surface area contributed by atoms with Crippen LogP contribution in [0.5, 0.6) is 0 Å². The number of carbonyl (C=O) groups is 1. The van der Waals surface area contributed by atoms with E-state index in [-0.39, 0.29) is 17.0 Å². The van der Waals surface area contributed by atoms with Gasteiger partial charge in [-0.3, -0.25) is 0 Å². The summed E-state index contributed by atoms with van der Waals surface area (Å²) in [6, 6.07) is -0.437. The van der Waals surface area contributed by atoms with Crippen LogP contribution >= 0.6 is 0 Å². The smallest absolute Gasteiger partial charge is 0.349 e. The Hall–Kier alpha value is -0.840. The monoisotopic (exact) mass is 290 g/mol. The SMILES string of the molecule is CCCC[n+]1ccn(C(CC)C(=O)O)c1.[Br-]. The molecule has 1 unspecified atom stereocenters. The summed E-state index contributed by atoms with van der Waals surface area (Å²) in [5, 5.41) is 8.98. The third-order valence-electron chi connectivity index (χ3n) is 2.51. The molecule has 92 valence electrons. The van der Waals surface area contributed by atoms with Crippen LogP contribution in [0.3, 0.4) is 0 Å². The van der Waals surface area contributed by atoms with Gasteiger partial charge in [-0.25, -0.2) is 13.9 Å². The minimum Gasteiger partial charge on any atom is -1.00 e. The predicted octanol–water partition coefficient (Wildman–Crippen LogP) is -1.38. The summed E-state index contributed by atoms with van der Waals surface area (Å²) in [5.41, 5.74) is 0. The molecule has 0 radical (unpaired) electrons. The first-order valence-electron chi connectivity index (χ1n) is 5.48. The molecule has 1 N–H and O–H groups in total. The Bertz CT molecular complexity index is 326. The first kappa shape index (κ1) is 15.2. The van der Waals surface area contributed by atoms with Gasteiger partial charge in [0.15, 0.2) is 6.04 Å². The minimum atomic E-state index is -0.768. The van der Waals surface area contributed by atoms with Gasteiger partial charge in [0.2, 0.25) is 6.33 Å². The number of aliphatic carboxylic acids is 1. The summed E-state index contributed by atoms with van der Waals surface area (Å²) in [6.45, 7) is 4.98. The highest BCUT2D eigenvalue weighted by molar-refractivity contribution is 5.71.